The van der Waals surface area contributed by atoms with Gasteiger partial charge in [-0.1, -0.05) is 32.9 Å². The van der Waals surface area contributed by atoms with Crippen LogP contribution in [0, 0.1) is 0 Å². The molecule has 2 rings (SSSR count). The normalized spacial score (nSPS) is 12.0. The van der Waals surface area contributed by atoms with E-state index < -0.39 is 0 Å². The van der Waals surface area contributed by atoms with E-state index in [1.807, 2.05) is 17.8 Å². The maximum absolute atomic E-state index is 5.47. The van der Waals surface area contributed by atoms with E-state index in [2.05, 4.69) is 53.6 Å². The Balaban J connectivity index is 1.96. The average Bonchev–Trinajstić information content (AvgIpc) is 3.27. The number of guanidine groups is 1. The van der Waals surface area contributed by atoms with E-state index in [0.29, 0.717) is 19.0 Å². The Bertz CT molecular complexity index is 742. The number of aromatic nitrogens is 3. The van der Waals surface area contributed by atoms with E-state index in [0.717, 1.165) is 48.8 Å². The maximum Gasteiger partial charge on any atom is 0.191 e. The van der Waals surface area contributed by atoms with Crippen molar-refractivity contribution in [3.63, 3.8) is 0 Å². The van der Waals surface area contributed by atoms with Crippen LogP contribution in [0.25, 0.3) is 0 Å². The van der Waals surface area contributed by atoms with Crippen LogP contribution < -0.4 is 10.6 Å². The van der Waals surface area contributed by atoms with E-state index in [1.54, 1.807) is 7.05 Å². The van der Waals surface area contributed by atoms with Crippen molar-refractivity contribution in [2.24, 2.45) is 12.0 Å². The second-order valence-electron chi connectivity index (χ2n) is 6.71. The highest BCUT2D eigenvalue weighted by Crippen LogP contribution is 2.22. The van der Waals surface area contributed by atoms with Crippen molar-refractivity contribution in [2.45, 2.75) is 72.4 Å². The molecule has 27 heavy (non-hydrogen) atoms. The van der Waals surface area contributed by atoms with Gasteiger partial charge in [0.2, 0.25) is 0 Å². The Morgan fingerprint density at radius 3 is 2.44 bits per heavy atom. The molecule has 7 heteroatoms. The van der Waals surface area contributed by atoms with Gasteiger partial charge in [-0.15, -0.1) is 0 Å². The van der Waals surface area contributed by atoms with Gasteiger partial charge in [-0.05, 0) is 25.7 Å². The van der Waals surface area contributed by atoms with Gasteiger partial charge in [0.25, 0.3) is 0 Å². The van der Waals surface area contributed by atoms with Gasteiger partial charge in [-0.3, -0.25) is 9.67 Å². The fourth-order valence-electron chi connectivity index (χ4n) is 3.47. The Labute approximate surface area is 162 Å². The third-order valence-electron chi connectivity index (χ3n) is 5.10. The van der Waals surface area contributed by atoms with Crippen LogP contribution in [0.3, 0.4) is 0 Å². The second-order valence-corrected chi connectivity index (χ2v) is 6.71. The Morgan fingerprint density at radius 2 is 1.85 bits per heavy atom. The molecule has 150 valence electrons. The first kappa shape index (κ1) is 21.0. The number of rotatable bonds is 9. The number of aryl methyl sites for hydroxylation is 2. The molecule has 0 atom stereocenters. The number of nitrogens with zero attached hydrogens (tertiary/aromatic N) is 4. The molecule has 2 aromatic rings. The zero-order valence-electron chi connectivity index (χ0n) is 17.6. The molecule has 0 saturated carbocycles. The molecule has 0 aliphatic heterocycles. The van der Waals surface area contributed by atoms with Gasteiger partial charge < -0.3 is 15.2 Å². The highest BCUT2D eigenvalue weighted by atomic mass is 16.5. The van der Waals surface area contributed by atoms with Crippen molar-refractivity contribution in [1.82, 2.24) is 25.6 Å². The highest BCUT2D eigenvalue weighted by Gasteiger charge is 2.15. The van der Waals surface area contributed by atoms with E-state index >= 15 is 0 Å². The predicted octanol–water partition coefficient (Wildman–Crippen LogP) is 3.30. The fraction of sp³-hybridized carbons (Fsp3) is 0.650. The predicted molar refractivity (Wildman–Crippen MR) is 109 cm³/mol. The van der Waals surface area contributed by atoms with Gasteiger partial charge in [0.15, 0.2) is 11.7 Å². The zero-order valence-corrected chi connectivity index (χ0v) is 17.6. The van der Waals surface area contributed by atoms with Gasteiger partial charge in [0.05, 0.1) is 17.9 Å². The lowest BCUT2D eigenvalue weighted by molar-refractivity contribution is 0.368. The van der Waals surface area contributed by atoms with Crippen LogP contribution in [0.4, 0.5) is 0 Å². The van der Waals surface area contributed by atoms with Crippen LogP contribution in [-0.2, 0) is 33.0 Å². The lowest BCUT2D eigenvalue weighted by Crippen LogP contribution is -2.36. The molecule has 0 aliphatic rings. The first-order chi connectivity index (χ1) is 13.1. The molecule has 7 nitrogen and oxygen atoms in total. The summed E-state index contributed by atoms with van der Waals surface area (Å²) in [4.78, 5) is 4.32. The summed E-state index contributed by atoms with van der Waals surface area (Å²) < 4.78 is 7.46. The quantitative estimate of drug-likeness (QED) is 0.520. The summed E-state index contributed by atoms with van der Waals surface area (Å²) in [6.45, 7) is 9.92. The SMILES string of the molecule is CCc1nn(C)c(CC)c1CNC(=NC)NCc1cc(C(CC)CC)no1. The smallest absolute Gasteiger partial charge is 0.191 e. The minimum absolute atomic E-state index is 0.463. The van der Waals surface area contributed by atoms with Crippen LogP contribution in [0.2, 0.25) is 0 Å². The largest absolute Gasteiger partial charge is 0.359 e. The van der Waals surface area contributed by atoms with Crippen molar-refractivity contribution in [3.8, 4) is 0 Å². The Kier molecular flexibility index (Phi) is 7.88. The molecule has 0 radical (unpaired) electrons. The summed E-state index contributed by atoms with van der Waals surface area (Å²) in [6, 6.07) is 2.05. The van der Waals surface area contributed by atoms with Gasteiger partial charge in [0.1, 0.15) is 0 Å². The number of aliphatic imine (C=N–C) groups is 1. The van der Waals surface area contributed by atoms with Gasteiger partial charge in [0, 0.05) is 43.9 Å². The molecule has 0 unspecified atom stereocenters. The summed E-state index contributed by atoms with van der Waals surface area (Å²) >= 11 is 0. The van der Waals surface area contributed by atoms with Gasteiger partial charge in [-0.2, -0.15) is 5.10 Å². The zero-order chi connectivity index (χ0) is 19.8. The molecule has 2 heterocycles. The standard InChI is InChI=1S/C20H34N6O/c1-7-14(8-2)18-11-15(27-25-18)12-22-20(21-5)23-13-16-17(9-3)24-26(6)19(16)10-4/h11,14H,7-10,12-13H2,1-6H3,(H2,21,22,23). The van der Waals surface area contributed by atoms with E-state index in [1.165, 1.54) is 11.3 Å². The van der Waals surface area contributed by atoms with Crippen LogP contribution in [0.1, 0.15) is 74.9 Å². The lowest BCUT2D eigenvalue weighted by Gasteiger charge is -2.12. The van der Waals surface area contributed by atoms with Crippen molar-refractivity contribution in [2.75, 3.05) is 7.05 Å². The summed E-state index contributed by atoms with van der Waals surface area (Å²) in [5, 5.41) is 15.5. The third-order valence-corrected chi connectivity index (χ3v) is 5.10. The van der Waals surface area contributed by atoms with Gasteiger partial charge in [-0.25, -0.2) is 0 Å². The monoisotopic (exact) mass is 374 g/mol. The molecule has 0 bridgehead atoms. The number of hydrogen-bond donors (Lipinski definition) is 2. The van der Waals surface area contributed by atoms with E-state index in [9.17, 15) is 0 Å². The van der Waals surface area contributed by atoms with Crippen LogP contribution in [-0.4, -0.2) is 27.9 Å². The van der Waals surface area contributed by atoms with Crippen LogP contribution in [0.15, 0.2) is 15.6 Å². The second kappa shape index (κ2) is 10.1. The van der Waals surface area contributed by atoms with E-state index in [-0.39, 0.29) is 0 Å². The van der Waals surface area contributed by atoms with E-state index in [4.69, 9.17) is 4.52 Å². The van der Waals surface area contributed by atoms with Crippen molar-refractivity contribution >= 4 is 5.96 Å². The Morgan fingerprint density at radius 1 is 1.15 bits per heavy atom. The number of nitrogens with one attached hydrogen (secondary N) is 2. The third kappa shape index (κ3) is 5.11. The molecule has 0 amide bonds. The minimum Gasteiger partial charge on any atom is -0.359 e. The first-order valence-corrected chi connectivity index (χ1v) is 10.0. The minimum atomic E-state index is 0.463. The van der Waals surface area contributed by atoms with Crippen molar-refractivity contribution in [1.29, 1.82) is 0 Å². The molecule has 0 spiro atoms. The van der Waals surface area contributed by atoms with Crippen molar-refractivity contribution in [3.05, 3.63) is 34.5 Å². The van der Waals surface area contributed by atoms with Crippen molar-refractivity contribution < 1.29 is 4.52 Å². The highest BCUT2D eigenvalue weighted by molar-refractivity contribution is 5.79. The molecule has 0 aromatic carbocycles. The van der Waals surface area contributed by atoms with Crippen LogP contribution in [0.5, 0.6) is 0 Å². The summed E-state index contributed by atoms with van der Waals surface area (Å²) in [5.74, 6) is 2.03. The fourth-order valence-corrected chi connectivity index (χ4v) is 3.47. The molecule has 2 N–H and O–H groups in total. The average molecular weight is 375 g/mol. The molecule has 0 saturated heterocycles. The lowest BCUT2D eigenvalue weighted by atomic mass is 9.99. The maximum atomic E-state index is 5.47. The molecular formula is C20H34N6O. The first-order valence-electron chi connectivity index (χ1n) is 10.0. The topological polar surface area (TPSA) is 80.3 Å². The summed E-state index contributed by atoms with van der Waals surface area (Å²) in [7, 11) is 3.78. The molecule has 2 aromatic heterocycles. The molecule has 0 fully saturated rings. The molecule has 0 aliphatic carbocycles. The number of hydrogen-bond acceptors (Lipinski definition) is 4. The summed E-state index contributed by atoms with van der Waals surface area (Å²) in [6.07, 6.45) is 4.03. The molecular weight excluding hydrogens is 340 g/mol. The Hall–Kier alpha value is -2.31. The summed E-state index contributed by atoms with van der Waals surface area (Å²) in [5.41, 5.74) is 4.71. The van der Waals surface area contributed by atoms with Crippen LogP contribution >= 0.6 is 0 Å². The van der Waals surface area contributed by atoms with Gasteiger partial charge >= 0.3 is 0 Å².